The van der Waals surface area contributed by atoms with E-state index in [1.807, 2.05) is 0 Å². The molecule has 1 aliphatic heterocycles. The average molecular weight is 245 g/mol. The molecule has 1 rings (SSSR count). The molecule has 1 unspecified atom stereocenters. The lowest BCUT2D eigenvalue weighted by Crippen LogP contribution is -2.52. The fourth-order valence-electron chi connectivity index (χ4n) is 1.23. The topological polar surface area (TPSA) is 122 Å². The number of nitrogens with two attached hydrogens (primary N) is 1. The maximum absolute atomic E-state index is 10.8. The molecule has 0 saturated carbocycles. The highest BCUT2D eigenvalue weighted by Crippen LogP contribution is 2.14. The molecule has 2 amide bonds. The Labute approximate surface area is 92.5 Å². The number of rotatable bonds is 3. The van der Waals surface area contributed by atoms with E-state index in [0.717, 1.165) is 0 Å². The minimum atomic E-state index is -4.31. The van der Waals surface area contributed by atoms with Gasteiger partial charge in [0.05, 0.1) is 0 Å². The van der Waals surface area contributed by atoms with Gasteiger partial charge in [0.2, 0.25) is 0 Å². The molecule has 8 heteroatoms. The molecule has 4 N–H and O–H groups in total. The van der Waals surface area contributed by atoms with Crippen LogP contribution < -0.4 is 11.1 Å². The summed E-state index contributed by atoms with van der Waals surface area (Å²) < 4.78 is 30.5. The van der Waals surface area contributed by atoms with Crippen molar-refractivity contribution >= 4 is 22.4 Å². The molecule has 16 heavy (non-hydrogen) atoms. The maximum Gasteiger partial charge on any atom is 0.314 e. The van der Waals surface area contributed by atoms with Crippen LogP contribution in [0.25, 0.3) is 0 Å². The van der Waals surface area contributed by atoms with Gasteiger partial charge in [-0.2, -0.15) is 8.42 Å². The lowest BCUT2D eigenvalue weighted by Gasteiger charge is -2.24. The number of aliphatic imine (C=N–C) groups is 1. The maximum atomic E-state index is 10.8. The van der Waals surface area contributed by atoms with Gasteiger partial charge in [0.25, 0.3) is 10.1 Å². The summed E-state index contributed by atoms with van der Waals surface area (Å²) >= 11 is 0. The number of hydrogen-bond acceptors (Lipinski definition) is 4. The molecule has 0 aromatic rings. The highest BCUT2D eigenvalue weighted by Gasteiger charge is 2.32. The van der Waals surface area contributed by atoms with E-state index in [2.05, 4.69) is 10.3 Å². The molecule has 7 nitrogen and oxygen atoms in total. The predicted octanol–water partition coefficient (Wildman–Crippen LogP) is -0.564. The summed E-state index contributed by atoms with van der Waals surface area (Å²) in [5.74, 6) is -0.780. The molecule has 0 aliphatic carbocycles. The van der Waals surface area contributed by atoms with Gasteiger partial charge in [0, 0.05) is 6.21 Å². The van der Waals surface area contributed by atoms with Crippen molar-refractivity contribution in [2.75, 3.05) is 5.75 Å². The Balaban J connectivity index is 3.06. The van der Waals surface area contributed by atoms with Crippen LogP contribution in [0.3, 0.4) is 0 Å². The van der Waals surface area contributed by atoms with Crippen LogP contribution in [0, 0.1) is 0 Å². The summed E-state index contributed by atoms with van der Waals surface area (Å²) in [6.45, 7) is 0. The van der Waals surface area contributed by atoms with Crippen LogP contribution >= 0.6 is 0 Å². The molecular formula is C8H11N3O4S. The van der Waals surface area contributed by atoms with Gasteiger partial charge < -0.3 is 11.1 Å². The van der Waals surface area contributed by atoms with Gasteiger partial charge in [-0.1, -0.05) is 12.2 Å². The summed E-state index contributed by atoms with van der Waals surface area (Å²) in [5, 5.41) is 2.17. The van der Waals surface area contributed by atoms with Crippen LogP contribution in [-0.4, -0.2) is 36.6 Å². The fraction of sp³-hybridized carbons (Fsp3) is 0.250. The van der Waals surface area contributed by atoms with E-state index in [4.69, 9.17) is 10.3 Å². The molecule has 0 aromatic carbocycles. The van der Waals surface area contributed by atoms with E-state index in [-0.39, 0.29) is 0 Å². The number of nitrogens with zero attached hydrogens (tertiary/aromatic N) is 1. The SMILES string of the molecule is NC(=O)NC1(CS(=O)(=O)O)C=CC=CC=N1. The van der Waals surface area contributed by atoms with Crippen molar-refractivity contribution in [3.8, 4) is 0 Å². The molecule has 88 valence electrons. The Morgan fingerprint density at radius 3 is 2.69 bits per heavy atom. The van der Waals surface area contributed by atoms with Crippen LogP contribution in [-0.2, 0) is 10.1 Å². The number of allylic oxidation sites excluding steroid dienone is 3. The van der Waals surface area contributed by atoms with Gasteiger partial charge in [-0.25, -0.2) is 4.79 Å². The van der Waals surface area contributed by atoms with Crippen LogP contribution in [0.15, 0.2) is 29.3 Å². The van der Waals surface area contributed by atoms with E-state index in [0.29, 0.717) is 0 Å². The molecular weight excluding hydrogens is 234 g/mol. The first-order valence-electron chi connectivity index (χ1n) is 4.25. The van der Waals surface area contributed by atoms with Crippen LogP contribution in [0.1, 0.15) is 0 Å². The quantitative estimate of drug-likeness (QED) is 0.576. The average Bonchev–Trinajstić information content (AvgIpc) is 2.25. The molecule has 0 spiro atoms. The van der Waals surface area contributed by atoms with Crippen molar-refractivity contribution in [2.24, 2.45) is 10.7 Å². The van der Waals surface area contributed by atoms with Gasteiger partial charge in [-0.3, -0.25) is 9.55 Å². The van der Waals surface area contributed by atoms with Crippen molar-refractivity contribution in [3.63, 3.8) is 0 Å². The number of nitrogens with one attached hydrogen (secondary N) is 1. The van der Waals surface area contributed by atoms with E-state index >= 15 is 0 Å². The van der Waals surface area contributed by atoms with Gasteiger partial charge in [-0.15, -0.1) is 0 Å². The summed E-state index contributed by atoms with van der Waals surface area (Å²) in [4.78, 5) is 14.6. The Hall–Kier alpha value is -1.67. The standard InChI is InChI=1S/C8H11N3O4S/c9-7(12)11-8(6-16(13,14)15)4-2-1-3-5-10-8/h1-5H,6H2,(H3,9,11,12)(H,13,14,15). The molecule has 0 saturated heterocycles. The first-order valence-corrected chi connectivity index (χ1v) is 5.86. The molecule has 0 radical (unpaired) electrons. The summed E-state index contributed by atoms with van der Waals surface area (Å²) in [6.07, 6.45) is 7.27. The fourth-order valence-corrected chi connectivity index (χ4v) is 2.03. The van der Waals surface area contributed by atoms with E-state index in [9.17, 15) is 13.2 Å². The molecule has 1 heterocycles. The van der Waals surface area contributed by atoms with Gasteiger partial charge in [0.1, 0.15) is 5.75 Å². The van der Waals surface area contributed by atoms with Gasteiger partial charge >= 0.3 is 6.03 Å². The normalized spacial score (nSPS) is 24.1. The Kier molecular flexibility index (Phi) is 3.45. The van der Waals surface area contributed by atoms with E-state index < -0.39 is 27.6 Å². The van der Waals surface area contributed by atoms with Gasteiger partial charge in [-0.05, 0) is 12.2 Å². The summed E-state index contributed by atoms with van der Waals surface area (Å²) in [6, 6.07) is -0.938. The first kappa shape index (κ1) is 12.4. The lowest BCUT2D eigenvalue weighted by molar-refractivity contribution is 0.242. The van der Waals surface area contributed by atoms with Crippen LogP contribution in [0.2, 0.25) is 0 Å². The van der Waals surface area contributed by atoms with Crippen molar-refractivity contribution in [1.29, 1.82) is 0 Å². The van der Waals surface area contributed by atoms with Crippen molar-refractivity contribution in [1.82, 2.24) is 5.32 Å². The second-order valence-electron chi connectivity index (χ2n) is 3.16. The monoisotopic (exact) mass is 245 g/mol. The third-order valence-electron chi connectivity index (χ3n) is 1.73. The number of hydrogen-bond donors (Lipinski definition) is 3. The van der Waals surface area contributed by atoms with Crippen molar-refractivity contribution < 1.29 is 17.8 Å². The van der Waals surface area contributed by atoms with Crippen LogP contribution in [0.5, 0.6) is 0 Å². The molecule has 0 bridgehead atoms. The number of urea groups is 1. The highest BCUT2D eigenvalue weighted by molar-refractivity contribution is 7.85. The van der Waals surface area contributed by atoms with Crippen molar-refractivity contribution in [3.05, 3.63) is 24.3 Å². The van der Waals surface area contributed by atoms with Gasteiger partial charge in [0.15, 0.2) is 5.66 Å². The number of amides is 2. The summed E-state index contributed by atoms with van der Waals surface area (Å²) in [5.41, 5.74) is 3.36. The molecule has 1 atom stereocenters. The predicted molar refractivity (Wildman–Crippen MR) is 58.6 cm³/mol. The zero-order valence-corrected chi connectivity index (χ0v) is 9.02. The largest absolute Gasteiger partial charge is 0.352 e. The Morgan fingerprint density at radius 1 is 1.44 bits per heavy atom. The molecule has 0 fully saturated rings. The first-order chi connectivity index (χ1) is 7.33. The minimum Gasteiger partial charge on any atom is -0.352 e. The third-order valence-corrected chi connectivity index (χ3v) is 2.53. The number of carbonyl (C=O) groups excluding carboxylic acids is 1. The Morgan fingerprint density at radius 2 is 2.12 bits per heavy atom. The number of primary amides is 1. The zero-order valence-electron chi connectivity index (χ0n) is 8.20. The van der Waals surface area contributed by atoms with E-state index in [1.54, 1.807) is 12.2 Å². The van der Waals surface area contributed by atoms with E-state index in [1.165, 1.54) is 18.4 Å². The lowest BCUT2D eigenvalue weighted by atomic mass is 10.2. The second-order valence-corrected chi connectivity index (χ2v) is 4.61. The third kappa shape index (κ3) is 3.83. The molecule has 0 aromatic heterocycles. The van der Waals surface area contributed by atoms with Crippen LogP contribution in [0.4, 0.5) is 4.79 Å². The smallest absolute Gasteiger partial charge is 0.314 e. The zero-order chi connectivity index (χ0) is 12.2. The number of carbonyl (C=O) groups is 1. The highest BCUT2D eigenvalue weighted by atomic mass is 32.2. The summed E-state index contributed by atoms with van der Waals surface area (Å²) in [7, 11) is -4.31. The minimum absolute atomic E-state index is 0.780. The Bertz CT molecular complexity index is 448. The second kappa shape index (κ2) is 4.45. The molecule has 1 aliphatic rings. The van der Waals surface area contributed by atoms with Crippen molar-refractivity contribution in [2.45, 2.75) is 5.66 Å².